The van der Waals surface area contributed by atoms with Crippen molar-refractivity contribution in [3.05, 3.63) is 64.9 Å². The summed E-state index contributed by atoms with van der Waals surface area (Å²) in [5.41, 5.74) is 12.8. The van der Waals surface area contributed by atoms with Crippen LogP contribution in [0.1, 0.15) is 38.8 Å². The van der Waals surface area contributed by atoms with Crippen molar-refractivity contribution in [1.29, 1.82) is 0 Å². The quantitative estimate of drug-likeness (QED) is 0.463. The van der Waals surface area contributed by atoms with E-state index in [0.29, 0.717) is 11.0 Å². The molecule has 2 aromatic rings. The Morgan fingerprint density at radius 1 is 1.12 bits per heavy atom. The van der Waals surface area contributed by atoms with Gasteiger partial charge in [-0.1, -0.05) is 36.4 Å². The van der Waals surface area contributed by atoms with Gasteiger partial charge in [0.1, 0.15) is 12.4 Å². The summed E-state index contributed by atoms with van der Waals surface area (Å²) in [5, 5.41) is 2.70. The summed E-state index contributed by atoms with van der Waals surface area (Å²) in [6, 6.07) is 11.8. The first-order valence-electron chi connectivity index (χ1n) is 10.3. The van der Waals surface area contributed by atoms with Gasteiger partial charge in [-0.15, -0.1) is 0 Å². The molecule has 3 rings (SSSR count). The number of hydrogen-bond donors (Lipinski definition) is 3. The monoisotopic (exact) mass is 441 g/mol. The van der Waals surface area contributed by atoms with Gasteiger partial charge in [0.15, 0.2) is 0 Å². The third kappa shape index (κ3) is 5.41. The van der Waals surface area contributed by atoms with E-state index in [0.717, 1.165) is 11.6 Å². The predicted octanol–water partition coefficient (Wildman–Crippen LogP) is 3.93. The van der Waals surface area contributed by atoms with Gasteiger partial charge in [-0.3, -0.25) is 0 Å². The van der Waals surface area contributed by atoms with E-state index in [-0.39, 0.29) is 24.5 Å². The molecule has 1 amide bonds. The number of hydrogen-bond acceptors (Lipinski definition) is 6. The summed E-state index contributed by atoms with van der Waals surface area (Å²) in [4.78, 5) is 12.3. The zero-order valence-electron chi connectivity index (χ0n) is 18.8. The van der Waals surface area contributed by atoms with Gasteiger partial charge in [-0.2, -0.15) is 0 Å². The molecule has 32 heavy (non-hydrogen) atoms. The highest BCUT2D eigenvalue weighted by atomic mass is 19.1. The maximum absolute atomic E-state index is 13.9. The van der Waals surface area contributed by atoms with E-state index in [2.05, 4.69) is 5.32 Å². The maximum Gasteiger partial charge on any atom is 0.492 e. The van der Waals surface area contributed by atoms with Crippen molar-refractivity contribution in [1.82, 2.24) is 5.32 Å². The van der Waals surface area contributed by atoms with Crippen molar-refractivity contribution in [3.8, 4) is 0 Å². The fraction of sp³-hybridized carbons (Fsp3) is 0.348. The maximum atomic E-state index is 13.9. The average molecular weight is 441 g/mol. The first kappa shape index (κ1) is 23.6. The van der Waals surface area contributed by atoms with Crippen LogP contribution in [0.4, 0.5) is 20.6 Å². The van der Waals surface area contributed by atoms with Crippen molar-refractivity contribution in [2.24, 2.45) is 0 Å². The summed E-state index contributed by atoms with van der Waals surface area (Å²) in [7, 11) is -0.779. The third-order valence-corrected chi connectivity index (χ3v) is 5.76. The third-order valence-electron chi connectivity index (χ3n) is 5.76. The van der Waals surface area contributed by atoms with Crippen LogP contribution in [0.15, 0.2) is 47.9 Å². The molecule has 0 aliphatic carbocycles. The largest absolute Gasteiger partial charge is 0.492 e. The van der Waals surface area contributed by atoms with Crippen LogP contribution in [0.2, 0.25) is 0 Å². The molecule has 0 radical (unpaired) electrons. The van der Waals surface area contributed by atoms with Crippen LogP contribution in [-0.2, 0) is 20.7 Å². The zero-order chi connectivity index (χ0) is 23.5. The molecular weight excluding hydrogens is 412 g/mol. The smallest absolute Gasteiger partial charge is 0.445 e. The lowest BCUT2D eigenvalue weighted by Gasteiger charge is -2.32. The van der Waals surface area contributed by atoms with Crippen LogP contribution >= 0.6 is 0 Å². The molecule has 170 valence electrons. The van der Waals surface area contributed by atoms with Gasteiger partial charge >= 0.3 is 13.2 Å². The van der Waals surface area contributed by atoms with Crippen molar-refractivity contribution < 1.29 is 23.2 Å². The van der Waals surface area contributed by atoms with Crippen molar-refractivity contribution in [3.63, 3.8) is 0 Å². The van der Waals surface area contributed by atoms with Gasteiger partial charge in [0.2, 0.25) is 0 Å². The molecule has 2 aromatic carbocycles. The standard InChI is InChI=1S/C23H29BFN3O4/c1-22(2)23(3,4)32-24(31-22)17(10-16-11-18(25)12-19(26)20(16)27)13-28-21(29)30-14-15-8-6-5-7-9-15/h5-12H,13-14,26-27H2,1-4H3,(H,28,29). The minimum Gasteiger partial charge on any atom is -0.445 e. The Hall–Kier alpha value is -3.04. The molecule has 1 aliphatic heterocycles. The fourth-order valence-electron chi connectivity index (χ4n) is 3.13. The molecule has 0 spiro atoms. The number of amides is 1. The minimum atomic E-state index is -0.779. The van der Waals surface area contributed by atoms with Crippen LogP contribution < -0.4 is 16.8 Å². The number of anilines is 2. The molecule has 0 saturated carbocycles. The lowest BCUT2D eigenvalue weighted by Crippen LogP contribution is -2.41. The van der Waals surface area contributed by atoms with Crippen molar-refractivity contribution >= 4 is 30.7 Å². The number of halogens is 1. The van der Waals surface area contributed by atoms with E-state index in [1.807, 2.05) is 58.0 Å². The summed E-state index contributed by atoms with van der Waals surface area (Å²) < 4.78 is 31.4. The lowest BCUT2D eigenvalue weighted by molar-refractivity contribution is 0.00578. The van der Waals surface area contributed by atoms with Crippen LogP contribution in [0.3, 0.4) is 0 Å². The Labute approximate surface area is 188 Å². The second kappa shape index (κ2) is 9.22. The number of alkyl carbamates (subject to hydrolysis) is 1. The van der Waals surface area contributed by atoms with Crippen LogP contribution in [0.5, 0.6) is 0 Å². The molecule has 1 heterocycles. The molecular formula is C23H29BFN3O4. The second-order valence-corrected chi connectivity index (χ2v) is 8.72. The van der Waals surface area contributed by atoms with E-state index >= 15 is 0 Å². The van der Waals surface area contributed by atoms with E-state index in [9.17, 15) is 9.18 Å². The molecule has 0 bridgehead atoms. The van der Waals surface area contributed by atoms with Gasteiger partial charge in [-0.25, -0.2) is 9.18 Å². The Bertz CT molecular complexity index is 996. The molecule has 1 aliphatic rings. The number of carbonyl (C=O) groups excluding carboxylic acids is 1. The number of benzene rings is 2. The summed E-state index contributed by atoms with van der Waals surface area (Å²) in [6.07, 6.45) is 1.01. The van der Waals surface area contributed by atoms with E-state index < -0.39 is 30.2 Å². The number of nitrogens with one attached hydrogen (secondary N) is 1. The predicted molar refractivity (Wildman–Crippen MR) is 124 cm³/mol. The highest BCUT2D eigenvalue weighted by Gasteiger charge is 2.52. The summed E-state index contributed by atoms with van der Waals surface area (Å²) in [5.74, 6) is -0.522. The van der Waals surface area contributed by atoms with Gasteiger partial charge < -0.3 is 30.8 Å². The normalized spacial score (nSPS) is 17.3. The Balaban J connectivity index is 1.79. The molecule has 0 aromatic heterocycles. The summed E-state index contributed by atoms with van der Waals surface area (Å²) in [6.45, 7) is 7.85. The van der Waals surface area contributed by atoms with Crippen LogP contribution in [0.25, 0.3) is 6.08 Å². The summed E-state index contributed by atoms with van der Waals surface area (Å²) >= 11 is 0. The molecule has 0 atom stereocenters. The number of nitrogen functional groups attached to an aromatic ring is 2. The topological polar surface area (TPSA) is 109 Å². The number of nitrogens with two attached hydrogens (primary N) is 2. The average Bonchev–Trinajstić information content (AvgIpc) is 2.94. The highest BCUT2D eigenvalue weighted by Crippen LogP contribution is 2.39. The molecule has 0 unspecified atom stereocenters. The van der Waals surface area contributed by atoms with Gasteiger partial charge in [0.25, 0.3) is 0 Å². The Kier molecular flexibility index (Phi) is 6.81. The van der Waals surface area contributed by atoms with E-state index in [1.165, 1.54) is 6.07 Å². The molecule has 1 fully saturated rings. The van der Waals surface area contributed by atoms with Gasteiger partial charge in [0.05, 0.1) is 22.6 Å². The SMILES string of the molecule is CC1(C)OB(C(=Cc2cc(F)cc(N)c2N)CNC(=O)OCc2ccccc2)OC1(C)C. The molecule has 9 heteroatoms. The van der Waals surface area contributed by atoms with E-state index in [1.54, 1.807) is 6.08 Å². The lowest BCUT2D eigenvalue weighted by atomic mass is 9.76. The molecule has 5 N–H and O–H groups in total. The Morgan fingerprint density at radius 3 is 2.38 bits per heavy atom. The second-order valence-electron chi connectivity index (χ2n) is 8.72. The molecule has 1 saturated heterocycles. The van der Waals surface area contributed by atoms with Gasteiger partial charge in [-0.05, 0) is 50.9 Å². The number of ether oxygens (including phenoxy) is 1. The highest BCUT2D eigenvalue weighted by molar-refractivity contribution is 6.56. The Morgan fingerprint density at radius 2 is 1.75 bits per heavy atom. The van der Waals surface area contributed by atoms with Crippen LogP contribution in [-0.4, -0.2) is 31.0 Å². The van der Waals surface area contributed by atoms with E-state index in [4.69, 9.17) is 25.5 Å². The molecule has 7 nitrogen and oxygen atoms in total. The minimum absolute atomic E-state index is 0.0420. The number of carbonyl (C=O) groups is 1. The first-order chi connectivity index (χ1) is 15.0. The van der Waals surface area contributed by atoms with Gasteiger partial charge in [0, 0.05) is 12.1 Å². The van der Waals surface area contributed by atoms with Crippen LogP contribution in [0, 0.1) is 5.82 Å². The van der Waals surface area contributed by atoms with Crippen molar-refractivity contribution in [2.75, 3.05) is 18.0 Å². The number of rotatable bonds is 6. The fourth-order valence-corrected chi connectivity index (χ4v) is 3.13. The zero-order valence-corrected chi connectivity index (χ0v) is 18.8. The van der Waals surface area contributed by atoms with Crippen molar-refractivity contribution in [2.45, 2.75) is 45.5 Å². The first-order valence-corrected chi connectivity index (χ1v) is 10.3.